The number of rotatable bonds is 3. The van der Waals surface area contributed by atoms with E-state index in [-0.39, 0.29) is 11.9 Å². The molecule has 0 aromatic carbocycles. The maximum absolute atomic E-state index is 12.4. The number of Topliss-reactive ketones (excluding diaryl/α,β-unsaturated/α-hetero) is 1. The number of ketones is 1. The first kappa shape index (κ1) is 15.2. The van der Waals surface area contributed by atoms with Crippen LogP contribution in [0.3, 0.4) is 0 Å². The highest BCUT2D eigenvalue weighted by Crippen LogP contribution is 2.39. The number of nitrogens with zero attached hydrogens (tertiary/aromatic N) is 2. The Bertz CT molecular complexity index is 773. The molecule has 4 nitrogen and oxygen atoms in total. The molecule has 0 saturated carbocycles. The molecule has 0 aromatic rings. The molecule has 0 amide bonds. The van der Waals surface area contributed by atoms with Gasteiger partial charge in [0.25, 0.3) is 0 Å². The average molecular weight is 322 g/mol. The Labute approximate surface area is 142 Å². The van der Waals surface area contributed by atoms with Crippen molar-refractivity contribution in [2.75, 3.05) is 13.1 Å². The molecule has 3 aliphatic carbocycles. The van der Waals surface area contributed by atoms with Crippen LogP contribution in [-0.2, 0) is 9.53 Å². The van der Waals surface area contributed by atoms with Gasteiger partial charge < -0.3 is 9.64 Å². The number of likely N-dealkylation sites (N-methyl/N-ethyl adjacent to an activating group) is 1. The van der Waals surface area contributed by atoms with Crippen molar-refractivity contribution in [2.24, 2.45) is 4.99 Å². The fraction of sp³-hybridized carbons (Fsp3) is 0.400. The van der Waals surface area contributed by atoms with Crippen molar-refractivity contribution < 1.29 is 9.53 Å². The molecule has 4 aliphatic rings. The summed E-state index contributed by atoms with van der Waals surface area (Å²) in [5, 5.41) is 0. The molecule has 4 rings (SSSR count). The molecule has 1 atom stereocenters. The Morgan fingerprint density at radius 3 is 2.67 bits per heavy atom. The van der Waals surface area contributed by atoms with Crippen molar-refractivity contribution in [1.29, 1.82) is 0 Å². The molecule has 0 bridgehead atoms. The Morgan fingerprint density at radius 1 is 1.17 bits per heavy atom. The molecule has 1 unspecified atom stereocenters. The second-order valence-electron chi connectivity index (χ2n) is 6.38. The van der Waals surface area contributed by atoms with Gasteiger partial charge >= 0.3 is 0 Å². The summed E-state index contributed by atoms with van der Waals surface area (Å²) in [5.41, 5.74) is 4.96. The second kappa shape index (κ2) is 5.93. The van der Waals surface area contributed by atoms with Gasteiger partial charge in [-0.3, -0.25) is 4.79 Å². The third kappa shape index (κ3) is 2.37. The lowest BCUT2D eigenvalue weighted by Crippen LogP contribution is -2.33. The van der Waals surface area contributed by atoms with E-state index in [1.54, 1.807) is 0 Å². The van der Waals surface area contributed by atoms with Gasteiger partial charge in [0.2, 0.25) is 0 Å². The predicted octanol–water partition coefficient (Wildman–Crippen LogP) is 3.45. The summed E-state index contributed by atoms with van der Waals surface area (Å²) in [5.74, 6) is 0.930. The molecule has 124 valence electrons. The van der Waals surface area contributed by atoms with Crippen LogP contribution in [0.25, 0.3) is 0 Å². The van der Waals surface area contributed by atoms with E-state index < -0.39 is 0 Å². The van der Waals surface area contributed by atoms with Gasteiger partial charge in [0.05, 0.1) is 12.1 Å². The van der Waals surface area contributed by atoms with E-state index >= 15 is 0 Å². The Balaban J connectivity index is 1.68. The van der Waals surface area contributed by atoms with Gasteiger partial charge in [0.15, 0.2) is 11.9 Å². The third-order valence-electron chi connectivity index (χ3n) is 5.06. The fourth-order valence-electron chi connectivity index (χ4n) is 3.74. The minimum atomic E-state index is -0.182. The Hall–Kier alpha value is -2.36. The normalized spacial score (nSPS) is 24.8. The van der Waals surface area contributed by atoms with Gasteiger partial charge in [-0.2, -0.15) is 0 Å². The zero-order valence-corrected chi connectivity index (χ0v) is 14.2. The lowest BCUT2D eigenvalue weighted by molar-refractivity contribution is -0.116. The number of hydrogen-bond donors (Lipinski definition) is 0. The molecule has 0 radical (unpaired) electrons. The summed E-state index contributed by atoms with van der Waals surface area (Å²) in [6.07, 6.45) is 12.1. The summed E-state index contributed by atoms with van der Waals surface area (Å²) in [7, 11) is 0. The van der Waals surface area contributed by atoms with E-state index in [1.165, 1.54) is 0 Å². The quantitative estimate of drug-likeness (QED) is 0.747. The molecule has 0 saturated heterocycles. The van der Waals surface area contributed by atoms with Gasteiger partial charge in [-0.25, -0.2) is 4.99 Å². The van der Waals surface area contributed by atoms with Crippen molar-refractivity contribution >= 4 is 11.5 Å². The van der Waals surface area contributed by atoms with Crippen molar-refractivity contribution in [3.63, 3.8) is 0 Å². The lowest BCUT2D eigenvalue weighted by atomic mass is 9.85. The van der Waals surface area contributed by atoms with Crippen LogP contribution in [0, 0.1) is 0 Å². The van der Waals surface area contributed by atoms with Gasteiger partial charge in [-0.05, 0) is 50.5 Å². The molecule has 0 N–H and O–H groups in total. The van der Waals surface area contributed by atoms with E-state index in [0.29, 0.717) is 6.42 Å². The van der Waals surface area contributed by atoms with Crippen molar-refractivity contribution in [2.45, 2.75) is 39.2 Å². The zero-order valence-electron chi connectivity index (χ0n) is 14.2. The molecule has 1 aliphatic heterocycles. The molecule has 0 fully saturated rings. The molecular weight excluding hydrogens is 300 g/mol. The third-order valence-corrected chi connectivity index (χ3v) is 5.06. The van der Waals surface area contributed by atoms with Gasteiger partial charge in [-0.15, -0.1) is 0 Å². The Morgan fingerprint density at radius 2 is 1.92 bits per heavy atom. The van der Waals surface area contributed by atoms with Crippen LogP contribution in [-0.4, -0.2) is 35.6 Å². The monoisotopic (exact) mass is 322 g/mol. The maximum atomic E-state index is 12.4. The number of carbonyl (C=O) groups is 1. The van der Waals surface area contributed by atoms with Crippen molar-refractivity contribution in [3.8, 4) is 0 Å². The summed E-state index contributed by atoms with van der Waals surface area (Å²) in [6.45, 7) is 6.21. The van der Waals surface area contributed by atoms with Crippen LogP contribution < -0.4 is 0 Å². The van der Waals surface area contributed by atoms with Gasteiger partial charge in [-0.1, -0.05) is 12.2 Å². The first-order valence-electron chi connectivity index (χ1n) is 8.75. The molecule has 1 heterocycles. The van der Waals surface area contributed by atoms with Crippen LogP contribution in [0.4, 0.5) is 0 Å². The minimum absolute atomic E-state index is 0.182. The zero-order chi connectivity index (χ0) is 16.7. The summed E-state index contributed by atoms with van der Waals surface area (Å²) < 4.78 is 6.20. The molecule has 4 heteroatoms. The average Bonchev–Trinajstić information content (AvgIpc) is 2.62. The number of allylic oxidation sites excluding steroid dienone is 6. The SMILES string of the molecule is CCN(CC)C1=CC2OC3=C(N=C2C=C1)C1=C(CC=CC1)C(=O)C3. The first-order chi connectivity index (χ1) is 11.7. The first-order valence-corrected chi connectivity index (χ1v) is 8.75. The van der Waals surface area contributed by atoms with E-state index in [1.807, 2.05) is 0 Å². The topological polar surface area (TPSA) is 41.9 Å². The fourth-order valence-corrected chi connectivity index (χ4v) is 3.74. The van der Waals surface area contributed by atoms with Crippen LogP contribution in [0.5, 0.6) is 0 Å². The maximum Gasteiger partial charge on any atom is 0.167 e. The summed E-state index contributed by atoms with van der Waals surface area (Å²) in [4.78, 5) is 19.6. The standard InChI is InChI=1S/C20H22N2O2/c1-3-22(4-2)13-9-10-16-18(11-13)24-19-12-17(23)14-7-5-6-8-15(14)20(19)21-16/h5-6,9-11,18H,3-4,7-8,12H2,1-2H3. The van der Waals surface area contributed by atoms with Crippen molar-refractivity contribution in [1.82, 2.24) is 4.90 Å². The number of fused-ring (bicyclic) bond motifs is 2. The smallest absolute Gasteiger partial charge is 0.167 e. The van der Waals surface area contributed by atoms with Crippen LogP contribution in [0.1, 0.15) is 33.1 Å². The van der Waals surface area contributed by atoms with Gasteiger partial charge in [0, 0.05) is 24.4 Å². The van der Waals surface area contributed by atoms with E-state index in [4.69, 9.17) is 9.73 Å². The van der Waals surface area contributed by atoms with E-state index in [2.05, 4.69) is 49.1 Å². The van der Waals surface area contributed by atoms with Gasteiger partial charge in [0.1, 0.15) is 11.5 Å². The second-order valence-corrected chi connectivity index (χ2v) is 6.38. The molecular formula is C20H22N2O2. The van der Waals surface area contributed by atoms with E-state index in [0.717, 1.165) is 59.9 Å². The van der Waals surface area contributed by atoms with Crippen LogP contribution in [0.15, 0.2) is 63.7 Å². The number of ether oxygens (including phenoxy) is 1. The predicted molar refractivity (Wildman–Crippen MR) is 94.5 cm³/mol. The molecule has 0 aromatic heterocycles. The van der Waals surface area contributed by atoms with Crippen LogP contribution >= 0.6 is 0 Å². The minimum Gasteiger partial charge on any atom is -0.482 e. The largest absolute Gasteiger partial charge is 0.482 e. The lowest BCUT2D eigenvalue weighted by Gasteiger charge is -2.33. The molecule has 24 heavy (non-hydrogen) atoms. The Kier molecular flexibility index (Phi) is 3.75. The summed E-state index contributed by atoms with van der Waals surface area (Å²) in [6, 6.07) is 0. The number of aliphatic imine (C=N–C) groups is 1. The highest BCUT2D eigenvalue weighted by Gasteiger charge is 2.34. The number of carbonyl (C=O) groups excluding carboxylic acids is 1. The highest BCUT2D eigenvalue weighted by molar-refractivity contribution is 6.05. The summed E-state index contributed by atoms with van der Waals surface area (Å²) >= 11 is 0. The highest BCUT2D eigenvalue weighted by atomic mass is 16.5. The van der Waals surface area contributed by atoms with Crippen LogP contribution in [0.2, 0.25) is 0 Å². The number of hydrogen-bond acceptors (Lipinski definition) is 4. The van der Waals surface area contributed by atoms with Crippen molar-refractivity contribution in [3.05, 3.63) is 58.7 Å². The molecule has 0 spiro atoms. The van der Waals surface area contributed by atoms with E-state index in [9.17, 15) is 4.79 Å².